The van der Waals surface area contributed by atoms with Gasteiger partial charge in [-0.1, -0.05) is 11.6 Å². The average Bonchev–Trinajstić information content (AvgIpc) is 3.19. The first-order valence-corrected chi connectivity index (χ1v) is 12.0. The Morgan fingerprint density at radius 3 is 2.71 bits per heavy atom. The summed E-state index contributed by atoms with van der Waals surface area (Å²) in [5.74, 6) is -0.0337. The number of benzene rings is 1. The molecule has 0 spiro atoms. The van der Waals surface area contributed by atoms with E-state index in [1.807, 2.05) is 27.0 Å². The molecule has 1 aliphatic heterocycles. The van der Waals surface area contributed by atoms with Crippen LogP contribution in [0.25, 0.3) is 10.9 Å². The van der Waals surface area contributed by atoms with Gasteiger partial charge >= 0.3 is 0 Å². The van der Waals surface area contributed by atoms with Gasteiger partial charge in [0.05, 0.1) is 23.0 Å². The first-order valence-electron chi connectivity index (χ1n) is 12.0. The third-order valence-electron chi connectivity index (χ3n) is 7.02. The van der Waals surface area contributed by atoms with Crippen molar-refractivity contribution in [2.45, 2.75) is 58.9 Å². The zero-order valence-corrected chi connectivity index (χ0v) is 20.5. The summed E-state index contributed by atoms with van der Waals surface area (Å²) in [4.78, 5) is 28.3. The van der Waals surface area contributed by atoms with Crippen molar-refractivity contribution < 1.29 is 14.3 Å². The summed E-state index contributed by atoms with van der Waals surface area (Å²) in [6, 6.07) is 4.37. The van der Waals surface area contributed by atoms with Gasteiger partial charge in [0.25, 0.3) is 0 Å². The van der Waals surface area contributed by atoms with E-state index in [9.17, 15) is 14.9 Å². The Bertz CT molecular complexity index is 1240. The predicted octanol–water partition coefficient (Wildman–Crippen LogP) is 4.65. The molecule has 1 saturated heterocycles. The van der Waals surface area contributed by atoms with Gasteiger partial charge in [-0.15, -0.1) is 0 Å². The van der Waals surface area contributed by atoms with Gasteiger partial charge in [-0.25, -0.2) is 0 Å². The average molecular weight is 461 g/mol. The van der Waals surface area contributed by atoms with E-state index in [1.54, 1.807) is 16.9 Å². The van der Waals surface area contributed by atoms with Crippen LogP contribution in [0.15, 0.2) is 35.1 Å². The van der Waals surface area contributed by atoms with Crippen molar-refractivity contribution in [3.63, 3.8) is 0 Å². The van der Waals surface area contributed by atoms with Crippen molar-refractivity contribution in [3.05, 3.63) is 46.2 Å². The molecule has 0 N–H and O–H groups in total. The molecule has 0 atom stereocenters. The summed E-state index contributed by atoms with van der Waals surface area (Å²) in [6.07, 6.45) is 6.54. The molecule has 0 unspecified atom stereocenters. The van der Waals surface area contributed by atoms with E-state index < -0.39 is 0 Å². The van der Waals surface area contributed by atoms with Gasteiger partial charge in [-0.05, 0) is 57.2 Å². The summed E-state index contributed by atoms with van der Waals surface area (Å²) >= 11 is 0. The summed E-state index contributed by atoms with van der Waals surface area (Å²) < 4.78 is 7.31. The number of carbonyl (C=O) groups is 2. The largest absolute Gasteiger partial charge is 0.381 e. The van der Waals surface area contributed by atoms with E-state index >= 15 is 0 Å². The summed E-state index contributed by atoms with van der Waals surface area (Å²) in [5, 5.41) is 15.5. The summed E-state index contributed by atoms with van der Waals surface area (Å²) in [7, 11) is 1.85. The lowest BCUT2D eigenvalue weighted by molar-refractivity contribution is -0.115. The second-order valence-corrected chi connectivity index (χ2v) is 9.27. The zero-order valence-electron chi connectivity index (χ0n) is 20.5. The van der Waals surface area contributed by atoms with Crippen LogP contribution in [-0.2, 0) is 16.6 Å². The second-order valence-electron chi connectivity index (χ2n) is 9.27. The number of ether oxygens (including phenoxy) is 1. The van der Waals surface area contributed by atoms with Gasteiger partial charge in [0.2, 0.25) is 0 Å². The number of nitrogens with zero attached hydrogens (tertiary/aromatic N) is 4. The number of aryl methyl sites for hydroxylation is 1. The zero-order chi connectivity index (χ0) is 24.4. The van der Waals surface area contributed by atoms with Gasteiger partial charge in [0.1, 0.15) is 6.07 Å². The molecule has 1 aliphatic carbocycles. The van der Waals surface area contributed by atoms with Crippen molar-refractivity contribution in [1.29, 1.82) is 5.26 Å². The van der Waals surface area contributed by atoms with E-state index in [2.05, 4.69) is 23.0 Å². The van der Waals surface area contributed by atoms with Crippen LogP contribution in [0.2, 0.25) is 0 Å². The molecule has 7 heteroatoms. The molecule has 0 bridgehead atoms. The molecule has 1 aromatic carbocycles. The predicted molar refractivity (Wildman–Crippen MR) is 132 cm³/mol. The number of Topliss-reactive ketones (excluding diaryl/α,β-unsaturated/α-hetero) is 2. The standard InChI is InChI=1S/C27H32N4O3/c1-5-31(19-8-10-34-11-9-19)27-22(15-28)21(14-24-23(27)16-29-30(24)4)25(32)7-6-20-18(3)12-17(2)13-26(20)33/h12,14,16,19H,5-11,13H2,1-4H3. The number of ketones is 2. The van der Waals surface area contributed by atoms with Gasteiger partial charge in [0.15, 0.2) is 11.6 Å². The lowest BCUT2D eigenvalue weighted by atomic mass is 9.88. The molecule has 0 radical (unpaired) electrons. The van der Waals surface area contributed by atoms with E-state index in [1.165, 1.54) is 0 Å². The highest BCUT2D eigenvalue weighted by Gasteiger charge is 2.29. The lowest BCUT2D eigenvalue weighted by Crippen LogP contribution is -2.40. The molecular weight excluding hydrogens is 428 g/mol. The maximum Gasteiger partial charge on any atom is 0.164 e. The molecule has 2 aliphatic rings. The van der Waals surface area contributed by atoms with Crippen LogP contribution >= 0.6 is 0 Å². The lowest BCUT2D eigenvalue weighted by Gasteiger charge is -2.36. The third kappa shape index (κ3) is 4.43. The van der Waals surface area contributed by atoms with Crippen LogP contribution in [0, 0.1) is 11.3 Å². The van der Waals surface area contributed by atoms with Crippen LogP contribution in [0.1, 0.15) is 68.8 Å². The minimum atomic E-state index is -0.122. The highest BCUT2D eigenvalue weighted by Crippen LogP contribution is 2.37. The van der Waals surface area contributed by atoms with Crippen LogP contribution < -0.4 is 4.90 Å². The van der Waals surface area contributed by atoms with Crippen molar-refractivity contribution in [1.82, 2.24) is 9.78 Å². The summed E-state index contributed by atoms with van der Waals surface area (Å²) in [6.45, 7) is 8.04. The fourth-order valence-corrected chi connectivity index (χ4v) is 5.30. The maximum absolute atomic E-state index is 13.5. The molecule has 1 fully saturated rings. The molecule has 4 rings (SSSR count). The Morgan fingerprint density at radius 1 is 1.32 bits per heavy atom. The van der Waals surface area contributed by atoms with Crippen molar-refractivity contribution in [2.75, 3.05) is 24.7 Å². The van der Waals surface area contributed by atoms with Gasteiger partial charge in [-0.2, -0.15) is 10.4 Å². The normalized spacial score (nSPS) is 17.1. The Hall–Kier alpha value is -3.24. The van der Waals surface area contributed by atoms with Crippen LogP contribution in [-0.4, -0.2) is 47.1 Å². The van der Waals surface area contributed by atoms with Crippen LogP contribution in [0.3, 0.4) is 0 Å². The van der Waals surface area contributed by atoms with Crippen molar-refractivity contribution in [2.24, 2.45) is 7.05 Å². The monoisotopic (exact) mass is 460 g/mol. The maximum atomic E-state index is 13.5. The Morgan fingerprint density at radius 2 is 2.06 bits per heavy atom. The molecule has 2 heterocycles. The first-order chi connectivity index (χ1) is 16.3. The van der Waals surface area contributed by atoms with E-state index in [-0.39, 0.29) is 24.0 Å². The van der Waals surface area contributed by atoms with Gasteiger partial charge < -0.3 is 9.64 Å². The van der Waals surface area contributed by atoms with Crippen LogP contribution in [0.4, 0.5) is 5.69 Å². The van der Waals surface area contributed by atoms with Gasteiger partial charge in [-0.3, -0.25) is 14.3 Å². The number of fused-ring (bicyclic) bond motifs is 1. The second kappa shape index (κ2) is 9.94. The highest BCUT2D eigenvalue weighted by molar-refractivity contribution is 6.08. The van der Waals surface area contributed by atoms with Crippen LogP contribution in [0.5, 0.6) is 0 Å². The number of carbonyl (C=O) groups excluding carboxylic acids is 2. The number of hydrogen-bond donors (Lipinski definition) is 0. The minimum Gasteiger partial charge on any atom is -0.381 e. The van der Waals surface area contributed by atoms with Crippen molar-refractivity contribution in [3.8, 4) is 6.07 Å². The number of hydrogen-bond acceptors (Lipinski definition) is 6. The van der Waals surface area contributed by atoms with Gasteiger partial charge in [0, 0.05) is 56.6 Å². The minimum absolute atomic E-state index is 0.0882. The van der Waals surface area contributed by atoms with Crippen molar-refractivity contribution >= 4 is 28.2 Å². The van der Waals surface area contributed by atoms with E-state index in [0.29, 0.717) is 43.7 Å². The van der Waals surface area contributed by atoms with E-state index in [0.717, 1.165) is 46.2 Å². The topological polar surface area (TPSA) is 88.2 Å². The van der Waals surface area contributed by atoms with E-state index in [4.69, 9.17) is 4.74 Å². The molecule has 7 nitrogen and oxygen atoms in total. The number of rotatable bonds is 7. The molecule has 1 aromatic heterocycles. The quantitative estimate of drug-likeness (QED) is 0.559. The SMILES string of the molecule is CCN(c1c(C#N)c(C(=O)CCC2=C(C)C=C(C)CC2=O)cc2c1cnn2C)C1CCOCC1. The first kappa shape index (κ1) is 23.9. The molecule has 0 amide bonds. The Labute approximate surface area is 200 Å². The molecule has 178 valence electrons. The fourth-order valence-electron chi connectivity index (χ4n) is 5.30. The number of allylic oxidation sites excluding steroid dienone is 4. The molecule has 0 saturated carbocycles. The Kier molecular flexibility index (Phi) is 6.99. The molecule has 2 aromatic rings. The summed E-state index contributed by atoms with van der Waals surface area (Å²) in [5.41, 5.74) is 5.11. The third-order valence-corrected chi connectivity index (χ3v) is 7.02. The molecule has 34 heavy (non-hydrogen) atoms. The fraction of sp³-hybridized carbons (Fsp3) is 0.481. The highest BCUT2D eigenvalue weighted by atomic mass is 16.5. The number of aromatic nitrogens is 2. The molecular formula is C27H32N4O3. The number of anilines is 1. The Balaban J connectivity index is 1.75. The smallest absolute Gasteiger partial charge is 0.164 e. The number of nitriles is 1.